The third-order valence-corrected chi connectivity index (χ3v) is 4.30. The average Bonchev–Trinajstić information content (AvgIpc) is 3.02. The molecule has 0 bridgehead atoms. The number of piperidine rings is 1. The maximum absolute atomic E-state index is 5.69. The minimum atomic E-state index is 0.614. The van der Waals surface area contributed by atoms with Crippen LogP contribution in [0.5, 0.6) is 0 Å². The Balaban J connectivity index is 1.69. The maximum Gasteiger partial charge on any atom is 0.0491 e. The van der Waals surface area contributed by atoms with E-state index in [4.69, 9.17) is 10.5 Å². The van der Waals surface area contributed by atoms with E-state index < -0.39 is 0 Å². The fraction of sp³-hybridized carbons (Fsp3) is 1.00. The van der Waals surface area contributed by atoms with Gasteiger partial charge in [-0.1, -0.05) is 0 Å². The topological polar surface area (TPSA) is 38.5 Å². The second-order valence-electron chi connectivity index (χ2n) is 5.71. The lowest BCUT2D eigenvalue weighted by Crippen LogP contribution is -2.39. The molecule has 0 atom stereocenters. The van der Waals surface area contributed by atoms with Gasteiger partial charge in [-0.15, -0.1) is 0 Å². The van der Waals surface area contributed by atoms with Crippen molar-refractivity contribution in [3.63, 3.8) is 0 Å². The highest BCUT2D eigenvalue weighted by molar-refractivity contribution is 4.96. The molecule has 94 valence electrons. The van der Waals surface area contributed by atoms with Gasteiger partial charge in [0.25, 0.3) is 0 Å². The monoisotopic (exact) mass is 226 g/mol. The highest BCUT2D eigenvalue weighted by Crippen LogP contribution is 2.49. The van der Waals surface area contributed by atoms with Gasteiger partial charge in [0.1, 0.15) is 0 Å². The second-order valence-corrected chi connectivity index (χ2v) is 5.71. The molecule has 1 saturated carbocycles. The molecule has 2 aliphatic rings. The van der Waals surface area contributed by atoms with Crippen LogP contribution in [0.4, 0.5) is 0 Å². The fourth-order valence-electron chi connectivity index (χ4n) is 2.99. The molecule has 0 unspecified atom stereocenters. The number of methoxy groups -OCH3 is 1. The van der Waals surface area contributed by atoms with Crippen LogP contribution >= 0.6 is 0 Å². The van der Waals surface area contributed by atoms with Gasteiger partial charge in [-0.05, 0) is 63.1 Å². The average molecular weight is 226 g/mol. The summed E-state index contributed by atoms with van der Waals surface area (Å²) in [6.45, 7) is 5.63. The molecule has 2 fully saturated rings. The van der Waals surface area contributed by atoms with E-state index in [-0.39, 0.29) is 0 Å². The largest absolute Gasteiger partial charge is 0.384 e. The predicted octanol–water partition coefficient (Wildman–Crippen LogP) is 1.47. The molecule has 2 N–H and O–H groups in total. The van der Waals surface area contributed by atoms with E-state index in [9.17, 15) is 0 Å². The van der Waals surface area contributed by atoms with E-state index >= 15 is 0 Å². The predicted molar refractivity (Wildman–Crippen MR) is 66.4 cm³/mol. The minimum Gasteiger partial charge on any atom is -0.384 e. The van der Waals surface area contributed by atoms with E-state index in [2.05, 4.69) is 4.90 Å². The summed E-state index contributed by atoms with van der Waals surface area (Å²) < 4.78 is 5.23. The van der Waals surface area contributed by atoms with Crippen molar-refractivity contribution < 1.29 is 4.74 Å². The van der Waals surface area contributed by atoms with E-state index in [0.29, 0.717) is 5.41 Å². The van der Waals surface area contributed by atoms with Gasteiger partial charge in [0, 0.05) is 20.3 Å². The summed E-state index contributed by atoms with van der Waals surface area (Å²) >= 11 is 0. The second kappa shape index (κ2) is 5.48. The van der Waals surface area contributed by atoms with Crippen molar-refractivity contribution >= 4 is 0 Å². The lowest BCUT2D eigenvalue weighted by atomic mass is 9.95. The zero-order valence-corrected chi connectivity index (χ0v) is 10.6. The highest BCUT2D eigenvalue weighted by Gasteiger charge is 2.43. The molecular formula is C13H26N2O. The molecule has 1 aliphatic heterocycles. The number of ether oxygens (including phenoxy) is 1. The summed E-state index contributed by atoms with van der Waals surface area (Å²) in [5.74, 6) is 0.797. The third-order valence-electron chi connectivity index (χ3n) is 4.30. The van der Waals surface area contributed by atoms with Crippen molar-refractivity contribution in [1.82, 2.24) is 4.90 Å². The zero-order chi connectivity index (χ0) is 11.4. The molecule has 0 spiro atoms. The molecule has 0 aromatic heterocycles. The van der Waals surface area contributed by atoms with Crippen LogP contribution in [0.3, 0.4) is 0 Å². The molecule has 0 aromatic rings. The third kappa shape index (κ3) is 3.19. The number of nitrogens with zero attached hydrogens (tertiary/aromatic N) is 1. The van der Waals surface area contributed by atoms with Gasteiger partial charge in [0.15, 0.2) is 0 Å². The van der Waals surface area contributed by atoms with Gasteiger partial charge in [0.05, 0.1) is 0 Å². The van der Waals surface area contributed by atoms with Crippen molar-refractivity contribution in [2.24, 2.45) is 17.1 Å². The lowest BCUT2D eigenvalue weighted by molar-refractivity contribution is 0.0894. The van der Waals surface area contributed by atoms with Crippen LogP contribution in [0.15, 0.2) is 0 Å². The van der Waals surface area contributed by atoms with Gasteiger partial charge in [0.2, 0.25) is 0 Å². The zero-order valence-electron chi connectivity index (χ0n) is 10.6. The Kier molecular flexibility index (Phi) is 4.22. The first-order valence-corrected chi connectivity index (χ1v) is 6.69. The number of nitrogens with two attached hydrogens (primary N) is 1. The summed E-state index contributed by atoms with van der Waals surface area (Å²) in [7, 11) is 1.81. The molecule has 16 heavy (non-hydrogen) atoms. The Bertz CT molecular complexity index is 208. The van der Waals surface area contributed by atoms with Gasteiger partial charge < -0.3 is 15.4 Å². The summed E-state index contributed by atoms with van der Waals surface area (Å²) in [6, 6.07) is 0. The van der Waals surface area contributed by atoms with Crippen LogP contribution in [0, 0.1) is 11.3 Å². The number of hydrogen-bond acceptors (Lipinski definition) is 3. The van der Waals surface area contributed by atoms with Crippen LogP contribution in [-0.4, -0.2) is 44.8 Å². The summed E-state index contributed by atoms with van der Waals surface area (Å²) in [6.07, 6.45) is 6.66. The van der Waals surface area contributed by atoms with Gasteiger partial charge in [-0.2, -0.15) is 0 Å². The molecule has 0 amide bonds. The minimum absolute atomic E-state index is 0.614. The van der Waals surface area contributed by atoms with Crippen molar-refractivity contribution in [3.8, 4) is 0 Å². The lowest BCUT2D eigenvalue weighted by Gasteiger charge is -2.34. The van der Waals surface area contributed by atoms with Crippen LogP contribution in [0.25, 0.3) is 0 Å². The Hall–Kier alpha value is -0.120. The SMILES string of the molecule is COCC1CCN(CC2(CCN)CC2)CC1. The van der Waals surface area contributed by atoms with E-state index in [1.807, 2.05) is 7.11 Å². The molecule has 1 heterocycles. The number of hydrogen-bond donors (Lipinski definition) is 1. The first-order chi connectivity index (χ1) is 7.78. The molecular weight excluding hydrogens is 200 g/mol. The number of likely N-dealkylation sites (tertiary alicyclic amines) is 1. The Morgan fingerprint density at radius 1 is 1.31 bits per heavy atom. The molecule has 0 aromatic carbocycles. The van der Waals surface area contributed by atoms with Crippen LogP contribution in [0.2, 0.25) is 0 Å². The van der Waals surface area contributed by atoms with Crippen LogP contribution in [0.1, 0.15) is 32.1 Å². The summed E-state index contributed by atoms with van der Waals surface area (Å²) in [4.78, 5) is 2.65. The van der Waals surface area contributed by atoms with Gasteiger partial charge >= 0.3 is 0 Å². The fourth-order valence-corrected chi connectivity index (χ4v) is 2.99. The smallest absolute Gasteiger partial charge is 0.0491 e. The van der Waals surface area contributed by atoms with Crippen molar-refractivity contribution in [2.75, 3.05) is 39.9 Å². The highest BCUT2D eigenvalue weighted by atomic mass is 16.5. The molecule has 1 aliphatic carbocycles. The Morgan fingerprint density at radius 3 is 2.50 bits per heavy atom. The first kappa shape index (κ1) is 12.3. The Morgan fingerprint density at radius 2 is 2.00 bits per heavy atom. The standard InChI is InChI=1S/C13H26N2O/c1-16-10-12-2-8-15(9-3-12)11-13(4-5-13)6-7-14/h12H,2-11,14H2,1H3. The maximum atomic E-state index is 5.69. The molecule has 3 nitrogen and oxygen atoms in total. The number of rotatable bonds is 6. The van der Waals surface area contributed by atoms with Crippen LogP contribution in [-0.2, 0) is 4.74 Å². The molecule has 0 radical (unpaired) electrons. The van der Waals surface area contributed by atoms with Crippen LogP contribution < -0.4 is 5.73 Å². The first-order valence-electron chi connectivity index (χ1n) is 6.69. The quantitative estimate of drug-likeness (QED) is 0.745. The Labute approximate surface area is 99.3 Å². The normalized spacial score (nSPS) is 25.9. The van der Waals surface area contributed by atoms with Crippen molar-refractivity contribution in [3.05, 3.63) is 0 Å². The molecule has 1 saturated heterocycles. The van der Waals surface area contributed by atoms with Gasteiger partial charge in [-0.3, -0.25) is 0 Å². The van der Waals surface area contributed by atoms with Gasteiger partial charge in [-0.25, -0.2) is 0 Å². The van der Waals surface area contributed by atoms with E-state index in [0.717, 1.165) is 19.1 Å². The van der Waals surface area contributed by atoms with Crippen molar-refractivity contribution in [1.29, 1.82) is 0 Å². The summed E-state index contributed by atoms with van der Waals surface area (Å²) in [5.41, 5.74) is 6.30. The summed E-state index contributed by atoms with van der Waals surface area (Å²) in [5, 5.41) is 0. The van der Waals surface area contributed by atoms with E-state index in [1.54, 1.807) is 0 Å². The van der Waals surface area contributed by atoms with Crippen molar-refractivity contribution in [2.45, 2.75) is 32.1 Å². The van der Waals surface area contributed by atoms with E-state index in [1.165, 1.54) is 51.7 Å². The molecule has 2 rings (SSSR count). The molecule has 3 heteroatoms.